The molecular weight excluding hydrogens is 249 g/mol. The molecule has 0 unspecified atom stereocenters. The van der Waals surface area contributed by atoms with Crippen molar-refractivity contribution in [3.8, 4) is 11.5 Å². The first-order valence-electron chi connectivity index (χ1n) is 5.49. The number of imidazole rings is 1. The van der Waals surface area contributed by atoms with Crippen molar-refractivity contribution >= 4 is 17.0 Å². The summed E-state index contributed by atoms with van der Waals surface area (Å²) < 4.78 is 13.5. The van der Waals surface area contributed by atoms with E-state index in [4.69, 9.17) is 5.11 Å². The van der Waals surface area contributed by atoms with Gasteiger partial charge < -0.3 is 10.1 Å². The number of aromatic carboxylic acids is 1. The number of halogens is 1. The Morgan fingerprint density at radius 3 is 2.84 bits per heavy atom. The molecule has 5 nitrogen and oxygen atoms in total. The second-order valence-electron chi connectivity index (χ2n) is 3.95. The number of rotatable bonds is 2. The van der Waals surface area contributed by atoms with E-state index in [1.165, 1.54) is 6.07 Å². The molecule has 6 heteroatoms. The molecule has 2 heterocycles. The highest BCUT2D eigenvalue weighted by Gasteiger charge is 2.14. The van der Waals surface area contributed by atoms with Crippen molar-refractivity contribution in [1.82, 2.24) is 15.0 Å². The summed E-state index contributed by atoms with van der Waals surface area (Å²) in [7, 11) is 0. The predicted octanol–water partition coefficient (Wildman–Crippen LogP) is 2.46. The molecule has 2 N–H and O–H groups in total. The monoisotopic (exact) mass is 257 g/mol. The molecule has 0 saturated heterocycles. The van der Waals surface area contributed by atoms with E-state index in [9.17, 15) is 9.18 Å². The summed E-state index contributed by atoms with van der Waals surface area (Å²) in [4.78, 5) is 22.1. The van der Waals surface area contributed by atoms with E-state index in [0.29, 0.717) is 22.6 Å². The van der Waals surface area contributed by atoms with Crippen molar-refractivity contribution in [3.05, 3.63) is 47.9 Å². The summed E-state index contributed by atoms with van der Waals surface area (Å²) in [6.45, 7) is 0. The second-order valence-corrected chi connectivity index (χ2v) is 3.95. The second kappa shape index (κ2) is 4.16. The number of carboxylic acid groups (broad SMARTS) is 1. The Labute approximate surface area is 106 Å². The maximum absolute atomic E-state index is 13.5. The van der Waals surface area contributed by atoms with Gasteiger partial charge in [-0.15, -0.1) is 0 Å². The fourth-order valence-electron chi connectivity index (χ4n) is 1.82. The van der Waals surface area contributed by atoms with Gasteiger partial charge in [0.15, 0.2) is 5.82 Å². The quantitative estimate of drug-likeness (QED) is 0.739. The maximum Gasteiger partial charge on any atom is 0.338 e. The lowest BCUT2D eigenvalue weighted by Gasteiger charge is -1.95. The number of benzene rings is 1. The topological polar surface area (TPSA) is 78.9 Å². The molecule has 94 valence electrons. The molecule has 0 radical (unpaired) electrons. The van der Waals surface area contributed by atoms with E-state index in [0.717, 1.165) is 6.07 Å². The van der Waals surface area contributed by atoms with Gasteiger partial charge in [0.05, 0.1) is 16.6 Å². The highest BCUT2D eigenvalue weighted by atomic mass is 19.1. The largest absolute Gasteiger partial charge is 0.478 e. The maximum atomic E-state index is 13.5. The molecule has 0 aliphatic heterocycles. The third-order valence-corrected chi connectivity index (χ3v) is 2.71. The van der Waals surface area contributed by atoms with Gasteiger partial charge in [0.2, 0.25) is 0 Å². The lowest BCUT2D eigenvalue weighted by molar-refractivity contribution is 0.0692. The average molecular weight is 257 g/mol. The number of fused-ring (bicyclic) bond motifs is 1. The molecule has 0 bridgehead atoms. The molecule has 3 aromatic rings. The fourth-order valence-corrected chi connectivity index (χ4v) is 1.82. The van der Waals surface area contributed by atoms with Gasteiger partial charge in [-0.1, -0.05) is 6.07 Å². The molecule has 0 fully saturated rings. The zero-order chi connectivity index (χ0) is 13.4. The molecule has 19 heavy (non-hydrogen) atoms. The van der Waals surface area contributed by atoms with Crippen molar-refractivity contribution in [3.63, 3.8) is 0 Å². The van der Waals surface area contributed by atoms with Gasteiger partial charge in [-0.3, -0.25) is 4.98 Å². The van der Waals surface area contributed by atoms with E-state index < -0.39 is 17.3 Å². The van der Waals surface area contributed by atoms with Crippen LogP contribution in [0, 0.1) is 5.82 Å². The van der Waals surface area contributed by atoms with Crippen LogP contribution < -0.4 is 0 Å². The normalized spacial score (nSPS) is 10.8. The first-order chi connectivity index (χ1) is 9.15. The number of hydrogen-bond donors (Lipinski definition) is 2. The molecule has 0 spiro atoms. The first-order valence-corrected chi connectivity index (χ1v) is 5.49. The third kappa shape index (κ3) is 1.93. The van der Waals surface area contributed by atoms with E-state index in [2.05, 4.69) is 15.0 Å². The number of aromatic amines is 1. The van der Waals surface area contributed by atoms with Gasteiger partial charge in [0.1, 0.15) is 11.5 Å². The van der Waals surface area contributed by atoms with Crippen LogP contribution in [-0.4, -0.2) is 26.0 Å². The van der Waals surface area contributed by atoms with Crippen LogP contribution in [0.1, 0.15) is 10.4 Å². The number of carbonyl (C=O) groups is 1. The number of hydrogen-bond acceptors (Lipinski definition) is 3. The highest BCUT2D eigenvalue weighted by Crippen LogP contribution is 2.21. The molecule has 0 aliphatic carbocycles. The Morgan fingerprint density at radius 1 is 1.32 bits per heavy atom. The van der Waals surface area contributed by atoms with E-state index >= 15 is 0 Å². The summed E-state index contributed by atoms with van der Waals surface area (Å²) in [5.74, 6) is -1.64. The third-order valence-electron chi connectivity index (χ3n) is 2.71. The van der Waals surface area contributed by atoms with Crippen LogP contribution >= 0.6 is 0 Å². The molecule has 3 rings (SSSR count). The number of nitrogens with one attached hydrogen (secondary N) is 1. The zero-order valence-electron chi connectivity index (χ0n) is 9.59. The van der Waals surface area contributed by atoms with Gasteiger partial charge in [-0.2, -0.15) is 0 Å². The number of pyridine rings is 1. The summed E-state index contributed by atoms with van der Waals surface area (Å²) in [5.41, 5.74) is 1.03. The Kier molecular flexibility index (Phi) is 2.49. The van der Waals surface area contributed by atoms with Crippen molar-refractivity contribution in [2.24, 2.45) is 0 Å². The van der Waals surface area contributed by atoms with Crippen LogP contribution in [-0.2, 0) is 0 Å². The standard InChI is InChI=1S/C13H8FN3O2/c14-8-6-11-10(5-7(8)13(18)19)16-12(17-11)9-3-1-2-4-15-9/h1-6H,(H,16,17)(H,18,19). The molecule has 0 saturated carbocycles. The summed E-state index contributed by atoms with van der Waals surface area (Å²) >= 11 is 0. The summed E-state index contributed by atoms with van der Waals surface area (Å²) in [6, 6.07) is 7.66. The Hall–Kier alpha value is -2.76. The molecule has 2 aromatic heterocycles. The van der Waals surface area contributed by atoms with Gasteiger partial charge >= 0.3 is 5.97 Å². The van der Waals surface area contributed by atoms with Gasteiger partial charge in [-0.05, 0) is 18.2 Å². The average Bonchev–Trinajstić information content (AvgIpc) is 2.81. The number of carboxylic acids is 1. The highest BCUT2D eigenvalue weighted by molar-refractivity contribution is 5.93. The molecule has 0 aliphatic rings. The van der Waals surface area contributed by atoms with Gasteiger partial charge in [-0.25, -0.2) is 14.2 Å². The van der Waals surface area contributed by atoms with Crippen molar-refractivity contribution in [2.45, 2.75) is 0 Å². The Bertz CT molecular complexity index is 768. The van der Waals surface area contributed by atoms with Gasteiger partial charge in [0, 0.05) is 12.3 Å². The van der Waals surface area contributed by atoms with Crippen LogP contribution in [0.3, 0.4) is 0 Å². The minimum atomic E-state index is -1.32. The zero-order valence-corrected chi connectivity index (χ0v) is 9.59. The van der Waals surface area contributed by atoms with Crippen LogP contribution in [0.2, 0.25) is 0 Å². The van der Waals surface area contributed by atoms with E-state index in [-0.39, 0.29) is 0 Å². The number of aromatic nitrogens is 3. The molecular formula is C13H8FN3O2. The summed E-state index contributed by atoms with van der Waals surface area (Å²) in [5, 5.41) is 8.86. The van der Waals surface area contributed by atoms with Crippen LogP contribution in [0.15, 0.2) is 36.5 Å². The lowest BCUT2D eigenvalue weighted by Crippen LogP contribution is -1.99. The first kappa shape index (κ1) is 11.3. The van der Waals surface area contributed by atoms with Crippen molar-refractivity contribution < 1.29 is 14.3 Å². The van der Waals surface area contributed by atoms with Crippen LogP contribution in [0.25, 0.3) is 22.6 Å². The van der Waals surface area contributed by atoms with Crippen LogP contribution in [0.4, 0.5) is 4.39 Å². The molecule has 0 amide bonds. The fraction of sp³-hybridized carbons (Fsp3) is 0. The molecule has 0 atom stereocenters. The van der Waals surface area contributed by atoms with Crippen molar-refractivity contribution in [2.75, 3.05) is 0 Å². The van der Waals surface area contributed by atoms with Crippen LogP contribution in [0.5, 0.6) is 0 Å². The Morgan fingerprint density at radius 2 is 2.16 bits per heavy atom. The van der Waals surface area contributed by atoms with E-state index in [1.54, 1.807) is 24.4 Å². The smallest absolute Gasteiger partial charge is 0.338 e. The minimum Gasteiger partial charge on any atom is -0.478 e. The SMILES string of the molecule is O=C(O)c1cc2nc(-c3ccccn3)[nH]c2cc1F. The van der Waals surface area contributed by atoms with Crippen molar-refractivity contribution in [1.29, 1.82) is 0 Å². The number of H-pyrrole nitrogens is 1. The van der Waals surface area contributed by atoms with E-state index in [1.807, 2.05) is 0 Å². The Balaban J connectivity index is 2.19. The number of nitrogens with zero attached hydrogens (tertiary/aromatic N) is 2. The predicted molar refractivity (Wildman–Crippen MR) is 66.2 cm³/mol. The summed E-state index contributed by atoms with van der Waals surface area (Å²) in [6.07, 6.45) is 1.62. The molecule has 1 aromatic carbocycles. The lowest BCUT2D eigenvalue weighted by atomic mass is 10.2. The minimum absolute atomic E-state index is 0.388. The van der Waals surface area contributed by atoms with Gasteiger partial charge in [0.25, 0.3) is 0 Å².